The zero-order valence-electron chi connectivity index (χ0n) is 11.7. The minimum Gasteiger partial charge on any atom is -0.381 e. The number of aromatic nitrogens is 2. The molecule has 1 heterocycles. The van der Waals surface area contributed by atoms with Crippen LogP contribution in [-0.4, -0.2) is 23.2 Å². The Morgan fingerprint density at radius 1 is 1.10 bits per heavy atom. The molecular weight excluding hydrogens is 295 g/mol. The number of methoxy groups -OCH3 is 1. The maximum absolute atomic E-state index is 6.26. The van der Waals surface area contributed by atoms with Crippen molar-refractivity contribution in [3.05, 3.63) is 46.0 Å². The average molecular weight is 311 g/mol. The topological polar surface area (TPSA) is 35.0 Å². The van der Waals surface area contributed by atoms with Crippen molar-refractivity contribution in [2.45, 2.75) is 26.4 Å². The largest absolute Gasteiger partial charge is 0.381 e. The summed E-state index contributed by atoms with van der Waals surface area (Å²) in [5.74, 6) is 0.588. The molecule has 0 amide bonds. The molecule has 1 unspecified atom stereocenters. The lowest BCUT2D eigenvalue weighted by molar-refractivity contribution is 0.117. The Bertz CT molecular complexity index is 576. The van der Waals surface area contributed by atoms with Gasteiger partial charge in [-0.2, -0.15) is 0 Å². The van der Waals surface area contributed by atoms with E-state index in [1.54, 1.807) is 7.11 Å². The standard InChI is InChI=1S/C15H16Cl2N2O/c1-9-4-6-11(7-5-9)13-14(16)18-12(19-15(13)17)8-10(2)20-3/h4-7,10H,8H2,1-3H3. The van der Waals surface area contributed by atoms with Crippen molar-refractivity contribution in [2.24, 2.45) is 0 Å². The van der Waals surface area contributed by atoms with E-state index in [0.29, 0.717) is 28.1 Å². The van der Waals surface area contributed by atoms with Gasteiger partial charge in [-0.15, -0.1) is 0 Å². The molecule has 20 heavy (non-hydrogen) atoms. The third-order valence-electron chi connectivity index (χ3n) is 3.08. The van der Waals surface area contributed by atoms with E-state index in [2.05, 4.69) is 9.97 Å². The molecule has 0 aliphatic heterocycles. The summed E-state index contributed by atoms with van der Waals surface area (Å²) in [6, 6.07) is 7.93. The number of hydrogen-bond acceptors (Lipinski definition) is 3. The molecule has 106 valence electrons. The number of benzene rings is 1. The maximum atomic E-state index is 6.26. The highest BCUT2D eigenvalue weighted by Gasteiger charge is 2.15. The van der Waals surface area contributed by atoms with Gasteiger partial charge >= 0.3 is 0 Å². The van der Waals surface area contributed by atoms with E-state index < -0.39 is 0 Å². The van der Waals surface area contributed by atoms with Gasteiger partial charge in [-0.1, -0.05) is 53.0 Å². The maximum Gasteiger partial charge on any atom is 0.142 e. The molecule has 3 nitrogen and oxygen atoms in total. The Kier molecular flexibility index (Phi) is 4.97. The van der Waals surface area contributed by atoms with E-state index >= 15 is 0 Å². The molecule has 0 saturated heterocycles. The van der Waals surface area contributed by atoms with Gasteiger partial charge in [0.2, 0.25) is 0 Å². The zero-order valence-corrected chi connectivity index (χ0v) is 13.2. The second-order valence-corrected chi connectivity index (χ2v) is 5.43. The molecule has 0 bridgehead atoms. The Labute approximate surface area is 128 Å². The van der Waals surface area contributed by atoms with Crippen LogP contribution in [0.2, 0.25) is 10.3 Å². The van der Waals surface area contributed by atoms with Crippen molar-refractivity contribution >= 4 is 23.2 Å². The van der Waals surface area contributed by atoms with E-state index in [9.17, 15) is 0 Å². The molecule has 2 aromatic rings. The van der Waals surface area contributed by atoms with Gasteiger partial charge in [0, 0.05) is 13.5 Å². The third-order valence-corrected chi connectivity index (χ3v) is 3.63. The third kappa shape index (κ3) is 3.48. The quantitative estimate of drug-likeness (QED) is 0.788. The van der Waals surface area contributed by atoms with E-state index in [1.807, 2.05) is 38.1 Å². The fraction of sp³-hybridized carbons (Fsp3) is 0.333. The first-order valence-corrected chi connectivity index (χ1v) is 7.08. The summed E-state index contributed by atoms with van der Waals surface area (Å²) >= 11 is 12.5. The van der Waals surface area contributed by atoms with Crippen LogP contribution in [0.3, 0.4) is 0 Å². The summed E-state index contributed by atoms with van der Waals surface area (Å²) in [7, 11) is 1.65. The molecule has 1 aromatic carbocycles. The summed E-state index contributed by atoms with van der Waals surface area (Å²) in [5, 5.41) is 0.735. The fourth-order valence-electron chi connectivity index (χ4n) is 1.84. The monoisotopic (exact) mass is 310 g/mol. The number of rotatable bonds is 4. The highest BCUT2D eigenvalue weighted by atomic mass is 35.5. The van der Waals surface area contributed by atoms with Crippen LogP contribution in [0.1, 0.15) is 18.3 Å². The molecule has 0 N–H and O–H groups in total. The van der Waals surface area contributed by atoms with Gasteiger partial charge < -0.3 is 4.74 Å². The molecular formula is C15H16Cl2N2O. The van der Waals surface area contributed by atoms with Crippen LogP contribution >= 0.6 is 23.2 Å². The first-order valence-electron chi connectivity index (χ1n) is 6.33. The first kappa shape index (κ1) is 15.2. The number of ether oxygens (including phenoxy) is 1. The molecule has 1 atom stereocenters. The normalized spacial score (nSPS) is 12.4. The van der Waals surface area contributed by atoms with Gasteiger partial charge in [-0.25, -0.2) is 9.97 Å². The second kappa shape index (κ2) is 6.53. The lowest BCUT2D eigenvalue weighted by Crippen LogP contribution is -2.12. The molecule has 0 fully saturated rings. The molecule has 0 spiro atoms. The number of halogens is 2. The van der Waals surface area contributed by atoms with E-state index in [1.165, 1.54) is 5.56 Å². The SMILES string of the molecule is COC(C)Cc1nc(Cl)c(-c2ccc(C)cc2)c(Cl)n1. The minimum absolute atomic E-state index is 0.0207. The van der Waals surface area contributed by atoms with Crippen LogP contribution in [0.4, 0.5) is 0 Å². The summed E-state index contributed by atoms with van der Waals surface area (Å²) < 4.78 is 5.20. The van der Waals surface area contributed by atoms with Crippen LogP contribution < -0.4 is 0 Å². The summed E-state index contributed by atoms with van der Waals surface area (Å²) in [6.45, 7) is 3.97. The molecule has 0 saturated carbocycles. The van der Waals surface area contributed by atoms with E-state index in [4.69, 9.17) is 27.9 Å². The molecule has 2 rings (SSSR count). The van der Waals surface area contributed by atoms with Gasteiger partial charge in [0.25, 0.3) is 0 Å². The van der Waals surface area contributed by atoms with Crippen molar-refractivity contribution in [1.29, 1.82) is 0 Å². The highest BCUT2D eigenvalue weighted by Crippen LogP contribution is 2.32. The van der Waals surface area contributed by atoms with Crippen molar-refractivity contribution < 1.29 is 4.74 Å². The van der Waals surface area contributed by atoms with E-state index in [-0.39, 0.29) is 6.10 Å². The van der Waals surface area contributed by atoms with Crippen molar-refractivity contribution in [3.8, 4) is 11.1 Å². The van der Waals surface area contributed by atoms with Crippen LogP contribution in [0.15, 0.2) is 24.3 Å². The molecule has 0 radical (unpaired) electrons. The molecule has 0 aliphatic rings. The predicted octanol–water partition coefficient (Wildman–Crippen LogP) is 4.34. The van der Waals surface area contributed by atoms with Gasteiger partial charge in [0.15, 0.2) is 0 Å². The van der Waals surface area contributed by atoms with Crippen molar-refractivity contribution in [3.63, 3.8) is 0 Å². The van der Waals surface area contributed by atoms with Crippen LogP contribution in [-0.2, 0) is 11.2 Å². The highest BCUT2D eigenvalue weighted by molar-refractivity contribution is 6.37. The number of nitrogens with zero attached hydrogens (tertiary/aromatic N) is 2. The van der Waals surface area contributed by atoms with Crippen LogP contribution in [0, 0.1) is 6.92 Å². The Morgan fingerprint density at radius 2 is 1.65 bits per heavy atom. The van der Waals surface area contributed by atoms with Gasteiger partial charge in [0.1, 0.15) is 16.1 Å². The van der Waals surface area contributed by atoms with Gasteiger partial charge in [-0.3, -0.25) is 0 Å². The first-order chi connectivity index (χ1) is 9.51. The van der Waals surface area contributed by atoms with E-state index in [0.717, 1.165) is 5.56 Å². The minimum atomic E-state index is 0.0207. The Hall–Kier alpha value is -1.16. The Morgan fingerprint density at radius 3 is 2.15 bits per heavy atom. The summed E-state index contributed by atoms with van der Waals surface area (Å²) in [6.07, 6.45) is 0.594. The summed E-state index contributed by atoms with van der Waals surface area (Å²) in [5.41, 5.74) is 2.76. The second-order valence-electron chi connectivity index (χ2n) is 4.71. The number of aryl methyl sites for hydroxylation is 1. The van der Waals surface area contributed by atoms with Crippen molar-refractivity contribution in [2.75, 3.05) is 7.11 Å². The van der Waals surface area contributed by atoms with Gasteiger partial charge in [0.05, 0.1) is 11.7 Å². The van der Waals surface area contributed by atoms with Crippen molar-refractivity contribution in [1.82, 2.24) is 9.97 Å². The predicted molar refractivity (Wildman–Crippen MR) is 82.4 cm³/mol. The van der Waals surface area contributed by atoms with Gasteiger partial charge in [-0.05, 0) is 19.4 Å². The molecule has 5 heteroatoms. The smallest absolute Gasteiger partial charge is 0.142 e. The Balaban J connectivity index is 2.38. The zero-order chi connectivity index (χ0) is 14.7. The average Bonchev–Trinajstić information content (AvgIpc) is 2.40. The lowest BCUT2D eigenvalue weighted by atomic mass is 10.1. The fourth-order valence-corrected chi connectivity index (χ4v) is 2.48. The lowest BCUT2D eigenvalue weighted by Gasteiger charge is -2.11. The molecule has 0 aliphatic carbocycles. The van der Waals surface area contributed by atoms with Crippen LogP contribution in [0.25, 0.3) is 11.1 Å². The molecule has 1 aromatic heterocycles. The summed E-state index contributed by atoms with van der Waals surface area (Å²) in [4.78, 5) is 8.62. The number of hydrogen-bond donors (Lipinski definition) is 0. The van der Waals surface area contributed by atoms with Crippen LogP contribution in [0.5, 0.6) is 0 Å².